The van der Waals surface area contributed by atoms with E-state index in [4.69, 9.17) is 22.1 Å². The maximum atomic E-state index is 11.3. The van der Waals surface area contributed by atoms with Gasteiger partial charge in [-0.3, -0.25) is 4.98 Å². The Balaban J connectivity index is 2.08. The monoisotopic (exact) mass is 306 g/mol. The van der Waals surface area contributed by atoms with Gasteiger partial charge in [-0.05, 0) is 18.2 Å². The van der Waals surface area contributed by atoms with Crippen molar-refractivity contribution in [2.75, 3.05) is 7.11 Å². The Kier molecular flexibility index (Phi) is 5.14. The molecule has 0 spiro atoms. The number of ether oxygens (including phenoxy) is 2. The highest BCUT2D eigenvalue weighted by Crippen LogP contribution is 2.28. The summed E-state index contributed by atoms with van der Waals surface area (Å²) >= 11 is 6.10. The number of carbonyl (C=O) groups is 1. The molecule has 5 nitrogen and oxygen atoms in total. The highest BCUT2D eigenvalue weighted by molar-refractivity contribution is 6.32. The zero-order chi connectivity index (χ0) is 15.2. The van der Waals surface area contributed by atoms with E-state index in [1.807, 2.05) is 12.1 Å². The van der Waals surface area contributed by atoms with Crippen molar-refractivity contribution in [2.24, 2.45) is 5.73 Å². The largest absolute Gasteiger partial charge is 0.485 e. The highest BCUT2D eigenvalue weighted by atomic mass is 35.5. The molecule has 6 heteroatoms. The molecule has 0 aliphatic carbocycles. The number of esters is 1. The van der Waals surface area contributed by atoms with E-state index in [0.717, 1.165) is 5.56 Å². The van der Waals surface area contributed by atoms with Crippen molar-refractivity contribution in [2.45, 2.75) is 13.2 Å². The molecule has 110 valence electrons. The molecule has 0 radical (unpaired) electrons. The number of rotatable bonds is 5. The molecule has 0 aliphatic heterocycles. The van der Waals surface area contributed by atoms with E-state index in [1.165, 1.54) is 13.3 Å². The van der Waals surface area contributed by atoms with Crippen molar-refractivity contribution in [3.8, 4) is 5.75 Å². The van der Waals surface area contributed by atoms with Gasteiger partial charge in [-0.25, -0.2) is 4.79 Å². The third-order valence-corrected chi connectivity index (χ3v) is 3.18. The van der Waals surface area contributed by atoms with Gasteiger partial charge in [0.15, 0.2) is 0 Å². The molecule has 21 heavy (non-hydrogen) atoms. The highest BCUT2D eigenvalue weighted by Gasteiger charge is 2.09. The molecule has 0 atom stereocenters. The molecule has 0 unspecified atom stereocenters. The molecule has 0 bridgehead atoms. The minimum atomic E-state index is -0.425. The van der Waals surface area contributed by atoms with Crippen LogP contribution in [0.25, 0.3) is 0 Å². The van der Waals surface area contributed by atoms with Crippen LogP contribution in [0.15, 0.2) is 36.5 Å². The summed E-state index contributed by atoms with van der Waals surface area (Å²) in [6.45, 7) is 0.572. The number of nitrogens with two attached hydrogens (primary N) is 1. The maximum absolute atomic E-state index is 11.3. The van der Waals surface area contributed by atoms with Gasteiger partial charge < -0.3 is 15.2 Å². The van der Waals surface area contributed by atoms with Gasteiger partial charge in [0.2, 0.25) is 0 Å². The topological polar surface area (TPSA) is 74.4 Å². The van der Waals surface area contributed by atoms with Crippen LogP contribution in [-0.4, -0.2) is 18.1 Å². The minimum Gasteiger partial charge on any atom is -0.485 e. The second-order valence-electron chi connectivity index (χ2n) is 4.25. The molecule has 0 amide bonds. The van der Waals surface area contributed by atoms with Crippen molar-refractivity contribution < 1.29 is 14.3 Å². The second-order valence-corrected chi connectivity index (χ2v) is 4.66. The Morgan fingerprint density at radius 1 is 1.33 bits per heavy atom. The lowest BCUT2D eigenvalue weighted by molar-refractivity contribution is 0.0600. The zero-order valence-electron chi connectivity index (χ0n) is 11.5. The van der Waals surface area contributed by atoms with Crippen LogP contribution in [0.4, 0.5) is 0 Å². The van der Waals surface area contributed by atoms with E-state index in [0.29, 0.717) is 28.6 Å². The number of nitrogens with zero attached hydrogens (tertiary/aromatic N) is 1. The first-order valence-corrected chi connectivity index (χ1v) is 6.67. The van der Waals surface area contributed by atoms with Crippen LogP contribution in [0.3, 0.4) is 0 Å². The number of pyridine rings is 1. The zero-order valence-corrected chi connectivity index (χ0v) is 12.3. The van der Waals surface area contributed by atoms with Crippen molar-refractivity contribution in [1.82, 2.24) is 4.98 Å². The fraction of sp³-hybridized carbons (Fsp3) is 0.200. The van der Waals surface area contributed by atoms with Gasteiger partial charge in [0.05, 0.1) is 23.4 Å². The van der Waals surface area contributed by atoms with Crippen molar-refractivity contribution in [3.63, 3.8) is 0 Å². The number of hydrogen-bond donors (Lipinski definition) is 1. The number of methoxy groups -OCH3 is 1. The summed E-state index contributed by atoms with van der Waals surface area (Å²) in [4.78, 5) is 15.5. The van der Waals surface area contributed by atoms with Gasteiger partial charge in [0.25, 0.3) is 0 Å². The first kappa shape index (κ1) is 15.3. The molecule has 0 fully saturated rings. The van der Waals surface area contributed by atoms with Crippen molar-refractivity contribution in [3.05, 3.63) is 58.4 Å². The van der Waals surface area contributed by atoms with Crippen molar-refractivity contribution >= 4 is 17.6 Å². The molecule has 0 saturated heterocycles. The molecule has 2 rings (SSSR count). The molecule has 2 aromatic rings. The predicted octanol–water partition coefficient (Wildman–Crippen LogP) is 2.56. The van der Waals surface area contributed by atoms with E-state index < -0.39 is 5.97 Å². The summed E-state index contributed by atoms with van der Waals surface area (Å²) in [5.41, 5.74) is 7.54. The van der Waals surface area contributed by atoms with Crippen LogP contribution >= 0.6 is 11.6 Å². The van der Waals surface area contributed by atoms with Gasteiger partial charge >= 0.3 is 5.97 Å². The van der Waals surface area contributed by atoms with E-state index in [9.17, 15) is 4.79 Å². The Hall–Kier alpha value is -2.11. The number of aromatic nitrogens is 1. The quantitative estimate of drug-likeness (QED) is 0.859. The first-order valence-electron chi connectivity index (χ1n) is 6.29. The van der Waals surface area contributed by atoms with Crippen LogP contribution in [0.1, 0.15) is 21.6 Å². The first-order chi connectivity index (χ1) is 10.2. The average molecular weight is 307 g/mol. The van der Waals surface area contributed by atoms with Crippen molar-refractivity contribution in [1.29, 1.82) is 0 Å². The summed E-state index contributed by atoms with van der Waals surface area (Å²) in [7, 11) is 1.32. The van der Waals surface area contributed by atoms with Crippen LogP contribution in [0, 0.1) is 0 Å². The standard InChI is InChI=1S/C15H15ClN2O3/c1-20-15(19)11-5-6-12(18-8-11)9-21-14-10(7-17)3-2-4-13(14)16/h2-6,8H,7,9,17H2,1H3. The smallest absolute Gasteiger partial charge is 0.339 e. The van der Waals surface area contributed by atoms with E-state index >= 15 is 0 Å². The van der Waals surface area contributed by atoms with E-state index in [1.54, 1.807) is 18.2 Å². The third kappa shape index (κ3) is 3.71. The van der Waals surface area contributed by atoms with Crippen LogP contribution in [0.2, 0.25) is 5.02 Å². The number of para-hydroxylation sites is 1. The summed E-state index contributed by atoms with van der Waals surface area (Å²) < 4.78 is 10.3. The Labute approximate surface area is 127 Å². The lowest BCUT2D eigenvalue weighted by Crippen LogP contribution is -2.06. The molecule has 1 aromatic heterocycles. The Bertz CT molecular complexity index is 629. The number of benzene rings is 1. The van der Waals surface area contributed by atoms with Crippen LogP contribution < -0.4 is 10.5 Å². The molecule has 2 N–H and O–H groups in total. The van der Waals surface area contributed by atoms with Crippen LogP contribution in [0.5, 0.6) is 5.75 Å². The lowest BCUT2D eigenvalue weighted by Gasteiger charge is -2.11. The average Bonchev–Trinajstić information content (AvgIpc) is 2.53. The number of halogens is 1. The predicted molar refractivity (Wildman–Crippen MR) is 79.3 cm³/mol. The number of hydrogen-bond acceptors (Lipinski definition) is 5. The fourth-order valence-corrected chi connectivity index (χ4v) is 2.02. The van der Waals surface area contributed by atoms with Gasteiger partial charge in [0, 0.05) is 18.3 Å². The summed E-state index contributed by atoms with van der Waals surface area (Å²) in [6, 6.07) is 8.75. The Morgan fingerprint density at radius 2 is 2.14 bits per heavy atom. The molecule has 1 heterocycles. The Morgan fingerprint density at radius 3 is 2.76 bits per heavy atom. The minimum absolute atomic E-state index is 0.234. The van der Waals surface area contributed by atoms with Crippen LogP contribution in [-0.2, 0) is 17.9 Å². The summed E-state index contributed by atoms with van der Waals surface area (Å²) in [5.74, 6) is 0.131. The van der Waals surface area contributed by atoms with E-state index in [-0.39, 0.29) is 6.61 Å². The third-order valence-electron chi connectivity index (χ3n) is 2.88. The molecular weight excluding hydrogens is 292 g/mol. The lowest BCUT2D eigenvalue weighted by atomic mass is 10.2. The van der Waals surface area contributed by atoms with Gasteiger partial charge in [-0.15, -0.1) is 0 Å². The van der Waals surface area contributed by atoms with E-state index in [2.05, 4.69) is 9.72 Å². The van der Waals surface area contributed by atoms with Gasteiger partial charge in [0.1, 0.15) is 12.4 Å². The summed E-state index contributed by atoms with van der Waals surface area (Å²) in [5, 5.41) is 0.504. The normalized spacial score (nSPS) is 10.2. The SMILES string of the molecule is COC(=O)c1ccc(COc2c(Cl)cccc2CN)nc1. The summed E-state index contributed by atoms with van der Waals surface area (Å²) in [6.07, 6.45) is 1.45. The fourth-order valence-electron chi connectivity index (χ4n) is 1.77. The van der Waals surface area contributed by atoms with Gasteiger partial charge in [-0.2, -0.15) is 0 Å². The number of carbonyl (C=O) groups excluding carboxylic acids is 1. The van der Waals surface area contributed by atoms with Gasteiger partial charge in [-0.1, -0.05) is 23.7 Å². The molecule has 1 aromatic carbocycles. The second kappa shape index (κ2) is 7.06. The maximum Gasteiger partial charge on any atom is 0.339 e. The molecule has 0 saturated carbocycles. The molecular formula is C15H15ClN2O3. The molecule has 0 aliphatic rings.